The van der Waals surface area contributed by atoms with E-state index in [4.69, 9.17) is 4.74 Å². The number of hydrogen-bond acceptors (Lipinski definition) is 4. The predicted molar refractivity (Wildman–Crippen MR) is 82.2 cm³/mol. The van der Waals surface area contributed by atoms with Crippen LogP contribution in [0.15, 0.2) is 34.4 Å². The summed E-state index contributed by atoms with van der Waals surface area (Å²) < 4.78 is 7.19. The largest absolute Gasteiger partial charge is 0.490 e. The van der Waals surface area contributed by atoms with Gasteiger partial charge in [0.2, 0.25) is 5.91 Å². The third kappa shape index (κ3) is 2.71. The SMILES string of the molecule is Cc1csc(=O)n1CCC(=O)N1CCOc2ccccc21. The van der Waals surface area contributed by atoms with E-state index in [1.165, 1.54) is 11.3 Å². The minimum Gasteiger partial charge on any atom is -0.490 e. The van der Waals surface area contributed by atoms with E-state index in [1.807, 2.05) is 36.6 Å². The van der Waals surface area contributed by atoms with Crippen LogP contribution in [0.4, 0.5) is 5.69 Å². The fraction of sp³-hybridized carbons (Fsp3) is 0.333. The van der Waals surface area contributed by atoms with Crippen molar-refractivity contribution >= 4 is 22.9 Å². The highest BCUT2D eigenvalue weighted by atomic mass is 32.1. The third-order valence-electron chi connectivity index (χ3n) is 3.56. The number of amides is 1. The molecule has 0 atom stereocenters. The van der Waals surface area contributed by atoms with Gasteiger partial charge in [-0.05, 0) is 19.1 Å². The van der Waals surface area contributed by atoms with Gasteiger partial charge in [-0.2, -0.15) is 0 Å². The Morgan fingerprint density at radius 2 is 2.19 bits per heavy atom. The second-order valence-corrected chi connectivity index (χ2v) is 5.73. The van der Waals surface area contributed by atoms with Gasteiger partial charge >= 0.3 is 4.87 Å². The van der Waals surface area contributed by atoms with Crippen molar-refractivity contribution in [1.29, 1.82) is 0 Å². The van der Waals surface area contributed by atoms with E-state index in [0.29, 0.717) is 26.1 Å². The Kier molecular flexibility index (Phi) is 3.79. The van der Waals surface area contributed by atoms with Crippen molar-refractivity contribution < 1.29 is 9.53 Å². The van der Waals surface area contributed by atoms with Gasteiger partial charge in [-0.15, -0.1) is 0 Å². The number of aryl methyl sites for hydroxylation is 1. The fourth-order valence-electron chi connectivity index (χ4n) is 2.45. The molecule has 0 fully saturated rings. The number of carbonyl (C=O) groups is 1. The number of rotatable bonds is 3. The molecule has 1 amide bonds. The number of benzene rings is 1. The maximum Gasteiger partial charge on any atom is 0.307 e. The molecule has 1 aromatic carbocycles. The summed E-state index contributed by atoms with van der Waals surface area (Å²) in [6.45, 7) is 3.35. The average Bonchev–Trinajstić information content (AvgIpc) is 2.83. The molecule has 2 aromatic rings. The molecule has 0 bridgehead atoms. The summed E-state index contributed by atoms with van der Waals surface area (Å²) in [7, 11) is 0. The molecule has 0 aliphatic carbocycles. The number of fused-ring (bicyclic) bond motifs is 1. The van der Waals surface area contributed by atoms with Crippen molar-refractivity contribution in [2.45, 2.75) is 19.9 Å². The van der Waals surface area contributed by atoms with Gasteiger partial charge in [0.05, 0.1) is 12.2 Å². The lowest BCUT2D eigenvalue weighted by Gasteiger charge is -2.29. The lowest BCUT2D eigenvalue weighted by molar-refractivity contribution is -0.119. The summed E-state index contributed by atoms with van der Waals surface area (Å²) in [4.78, 5) is 25.8. The number of carbonyl (C=O) groups excluding carboxylic acids is 1. The van der Waals surface area contributed by atoms with E-state index in [-0.39, 0.29) is 10.8 Å². The summed E-state index contributed by atoms with van der Waals surface area (Å²) in [5, 5.41) is 1.82. The molecule has 0 unspecified atom stereocenters. The van der Waals surface area contributed by atoms with E-state index in [1.54, 1.807) is 9.47 Å². The van der Waals surface area contributed by atoms with E-state index in [2.05, 4.69) is 0 Å². The molecular weight excluding hydrogens is 288 g/mol. The Hall–Kier alpha value is -2.08. The van der Waals surface area contributed by atoms with Crippen molar-refractivity contribution in [2.75, 3.05) is 18.1 Å². The van der Waals surface area contributed by atoms with Crippen LogP contribution in [0.3, 0.4) is 0 Å². The topological polar surface area (TPSA) is 51.5 Å². The Balaban J connectivity index is 1.74. The molecule has 1 aromatic heterocycles. The maximum atomic E-state index is 12.4. The first-order valence-corrected chi connectivity index (χ1v) is 7.72. The Labute approximate surface area is 126 Å². The highest BCUT2D eigenvalue weighted by Gasteiger charge is 2.23. The van der Waals surface area contributed by atoms with Gasteiger partial charge in [0.1, 0.15) is 12.4 Å². The minimum atomic E-state index is -0.0114. The normalized spacial score (nSPS) is 13.7. The molecule has 5 nitrogen and oxygen atoms in total. The van der Waals surface area contributed by atoms with Crippen molar-refractivity contribution in [2.24, 2.45) is 0 Å². The van der Waals surface area contributed by atoms with Crippen LogP contribution in [0.5, 0.6) is 5.75 Å². The number of aromatic nitrogens is 1. The quantitative estimate of drug-likeness (QED) is 0.872. The van der Waals surface area contributed by atoms with Crippen LogP contribution in [0.1, 0.15) is 12.1 Å². The molecule has 0 N–H and O–H groups in total. The Morgan fingerprint density at radius 3 is 2.95 bits per heavy atom. The van der Waals surface area contributed by atoms with Crippen LogP contribution in [0.25, 0.3) is 0 Å². The molecule has 0 radical (unpaired) electrons. The lowest BCUT2D eigenvalue weighted by Crippen LogP contribution is -2.38. The molecule has 0 spiro atoms. The summed E-state index contributed by atoms with van der Waals surface area (Å²) in [5.41, 5.74) is 1.71. The zero-order valence-corrected chi connectivity index (χ0v) is 12.6. The van der Waals surface area contributed by atoms with E-state index in [9.17, 15) is 9.59 Å². The number of para-hydroxylation sites is 2. The van der Waals surface area contributed by atoms with Crippen LogP contribution in [-0.4, -0.2) is 23.6 Å². The Morgan fingerprint density at radius 1 is 1.38 bits per heavy atom. The number of hydrogen-bond donors (Lipinski definition) is 0. The number of anilines is 1. The first kappa shape index (κ1) is 13.9. The monoisotopic (exact) mass is 304 g/mol. The molecule has 0 saturated heterocycles. The second-order valence-electron chi connectivity index (χ2n) is 4.91. The standard InChI is InChI=1S/C15H16N2O3S/c1-11-10-21-15(19)16(11)7-6-14(18)17-8-9-20-13-5-3-2-4-12(13)17/h2-5,10H,6-9H2,1H3. The van der Waals surface area contributed by atoms with Gasteiger partial charge in [-0.25, -0.2) is 0 Å². The smallest absolute Gasteiger partial charge is 0.307 e. The summed E-state index contributed by atoms with van der Waals surface area (Å²) in [6, 6.07) is 7.53. The van der Waals surface area contributed by atoms with Gasteiger partial charge in [-0.1, -0.05) is 23.5 Å². The summed E-state index contributed by atoms with van der Waals surface area (Å²) >= 11 is 1.17. The van der Waals surface area contributed by atoms with Crippen molar-refractivity contribution in [3.05, 3.63) is 45.0 Å². The van der Waals surface area contributed by atoms with Crippen LogP contribution in [0, 0.1) is 6.92 Å². The lowest BCUT2D eigenvalue weighted by atomic mass is 10.2. The minimum absolute atomic E-state index is 0.0114. The zero-order chi connectivity index (χ0) is 14.8. The van der Waals surface area contributed by atoms with Gasteiger partial charge in [0.25, 0.3) is 0 Å². The summed E-state index contributed by atoms with van der Waals surface area (Å²) in [5.74, 6) is 0.754. The van der Waals surface area contributed by atoms with E-state index in [0.717, 1.165) is 17.1 Å². The van der Waals surface area contributed by atoms with Gasteiger partial charge < -0.3 is 14.2 Å². The molecule has 110 valence electrons. The van der Waals surface area contributed by atoms with E-state index < -0.39 is 0 Å². The van der Waals surface area contributed by atoms with Crippen molar-refractivity contribution in [1.82, 2.24) is 4.57 Å². The molecule has 2 heterocycles. The molecular formula is C15H16N2O3S. The first-order chi connectivity index (χ1) is 10.2. The highest BCUT2D eigenvalue weighted by molar-refractivity contribution is 7.07. The van der Waals surface area contributed by atoms with Crippen molar-refractivity contribution in [3.8, 4) is 5.75 Å². The van der Waals surface area contributed by atoms with Crippen molar-refractivity contribution in [3.63, 3.8) is 0 Å². The van der Waals surface area contributed by atoms with Crippen LogP contribution in [-0.2, 0) is 11.3 Å². The second kappa shape index (κ2) is 5.73. The summed E-state index contributed by atoms with van der Waals surface area (Å²) in [6.07, 6.45) is 0.311. The third-order valence-corrected chi connectivity index (χ3v) is 4.44. The fourth-order valence-corrected chi connectivity index (χ4v) is 3.21. The molecule has 6 heteroatoms. The Bertz CT molecular complexity index is 720. The number of nitrogens with zero attached hydrogens (tertiary/aromatic N) is 2. The van der Waals surface area contributed by atoms with Gasteiger partial charge in [0.15, 0.2) is 0 Å². The first-order valence-electron chi connectivity index (χ1n) is 6.84. The molecule has 1 aliphatic rings. The van der Waals surface area contributed by atoms with Crippen LogP contribution >= 0.6 is 11.3 Å². The van der Waals surface area contributed by atoms with Gasteiger partial charge in [-0.3, -0.25) is 9.59 Å². The maximum absolute atomic E-state index is 12.4. The molecule has 1 aliphatic heterocycles. The highest BCUT2D eigenvalue weighted by Crippen LogP contribution is 2.31. The molecule has 0 saturated carbocycles. The molecule has 21 heavy (non-hydrogen) atoms. The van der Waals surface area contributed by atoms with Crippen LogP contribution in [0.2, 0.25) is 0 Å². The van der Waals surface area contributed by atoms with Crippen LogP contribution < -0.4 is 14.5 Å². The number of thiazole rings is 1. The molecule has 3 rings (SSSR count). The zero-order valence-electron chi connectivity index (χ0n) is 11.7. The average molecular weight is 304 g/mol. The predicted octanol–water partition coefficient (Wildman–Crippen LogP) is 2.03. The number of ether oxygens (including phenoxy) is 1. The van der Waals surface area contributed by atoms with E-state index >= 15 is 0 Å². The van der Waals surface area contributed by atoms with Gasteiger partial charge in [0, 0.05) is 24.0 Å².